The van der Waals surface area contributed by atoms with E-state index in [1.807, 2.05) is 24.3 Å². The number of ether oxygens (including phenoxy) is 2. The fourth-order valence-corrected chi connectivity index (χ4v) is 1.46. The molecule has 0 saturated carbocycles. The third kappa shape index (κ3) is 3.34. The van der Waals surface area contributed by atoms with Crippen molar-refractivity contribution in [3.05, 3.63) is 36.4 Å². The molecule has 92 valence electrons. The van der Waals surface area contributed by atoms with Crippen LogP contribution in [0.3, 0.4) is 0 Å². The lowest BCUT2D eigenvalue weighted by Crippen LogP contribution is -2.15. The minimum atomic E-state index is -0.330. The number of hydrogen-bond donors (Lipinski definition) is 0. The van der Waals surface area contributed by atoms with Crippen LogP contribution in [0.5, 0.6) is 5.75 Å². The second kappa shape index (κ2) is 6.09. The average Bonchev–Trinajstić information content (AvgIpc) is 2.37. The highest BCUT2D eigenvalue weighted by Crippen LogP contribution is 2.24. The molecule has 0 aliphatic heterocycles. The van der Waals surface area contributed by atoms with E-state index in [1.165, 1.54) is 0 Å². The van der Waals surface area contributed by atoms with Gasteiger partial charge in [0, 0.05) is 0 Å². The van der Waals surface area contributed by atoms with Crippen LogP contribution in [0.1, 0.15) is 19.4 Å². The van der Waals surface area contributed by atoms with Crippen LogP contribution >= 0.6 is 0 Å². The Morgan fingerprint density at radius 1 is 1.35 bits per heavy atom. The SMILES string of the molecule is C=C(c1ccc(OC)cc1)C(C)C(=O)OCC. The van der Waals surface area contributed by atoms with Gasteiger partial charge in [-0.3, -0.25) is 4.79 Å². The number of benzene rings is 1. The van der Waals surface area contributed by atoms with Crippen molar-refractivity contribution in [1.29, 1.82) is 0 Å². The smallest absolute Gasteiger partial charge is 0.313 e. The first-order chi connectivity index (χ1) is 8.10. The van der Waals surface area contributed by atoms with Crippen LogP contribution in [0.2, 0.25) is 0 Å². The first kappa shape index (κ1) is 13.3. The molecule has 0 heterocycles. The summed E-state index contributed by atoms with van der Waals surface area (Å²) < 4.78 is 10.0. The van der Waals surface area contributed by atoms with Crippen molar-refractivity contribution in [2.24, 2.45) is 5.92 Å². The molecule has 17 heavy (non-hydrogen) atoms. The Morgan fingerprint density at radius 3 is 2.41 bits per heavy atom. The summed E-state index contributed by atoms with van der Waals surface area (Å²) in [7, 11) is 1.62. The third-order valence-corrected chi connectivity index (χ3v) is 2.62. The van der Waals surface area contributed by atoms with Gasteiger partial charge in [-0.2, -0.15) is 0 Å². The molecule has 1 atom stereocenters. The molecule has 0 N–H and O–H groups in total. The van der Waals surface area contributed by atoms with Crippen LogP contribution in [0.4, 0.5) is 0 Å². The summed E-state index contributed by atoms with van der Waals surface area (Å²) in [6.07, 6.45) is 0. The molecule has 1 aromatic carbocycles. The standard InChI is InChI=1S/C14H18O3/c1-5-17-14(15)11(3)10(2)12-6-8-13(16-4)9-7-12/h6-9,11H,2,5H2,1,3-4H3. The molecule has 3 heteroatoms. The van der Waals surface area contributed by atoms with Gasteiger partial charge in [0.15, 0.2) is 0 Å². The molecule has 0 aliphatic carbocycles. The van der Waals surface area contributed by atoms with E-state index in [-0.39, 0.29) is 11.9 Å². The summed E-state index contributed by atoms with van der Waals surface area (Å²) in [6, 6.07) is 7.46. The lowest BCUT2D eigenvalue weighted by atomic mass is 9.95. The number of hydrogen-bond acceptors (Lipinski definition) is 3. The number of methoxy groups -OCH3 is 1. The molecule has 0 radical (unpaired) electrons. The summed E-state index contributed by atoms with van der Waals surface area (Å²) in [5.41, 5.74) is 1.68. The number of esters is 1. The van der Waals surface area contributed by atoms with Gasteiger partial charge in [0.1, 0.15) is 5.75 Å². The van der Waals surface area contributed by atoms with E-state index >= 15 is 0 Å². The second-order valence-corrected chi connectivity index (χ2v) is 3.73. The maximum Gasteiger partial charge on any atom is 0.313 e. The lowest BCUT2D eigenvalue weighted by molar-refractivity contribution is -0.145. The minimum Gasteiger partial charge on any atom is -0.497 e. The van der Waals surface area contributed by atoms with Crippen molar-refractivity contribution in [1.82, 2.24) is 0 Å². The Labute approximate surface area is 102 Å². The molecular formula is C14H18O3. The van der Waals surface area contributed by atoms with Gasteiger partial charge in [0.25, 0.3) is 0 Å². The van der Waals surface area contributed by atoms with Gasteiger partial charge in [0.2, 0.25) is 0 Å². The van der Waals surface area contributed by atoms with Gasteiger partial charge < -0.3 is 9.47 Å². The molecule has 1 aromatic rings. The molecule has 0 bridgehead atoms. The molecule has 3 nitrogen and oxygen atoms in total. The maximum absolute atomic E-state index is 11.6. The topological polar surface area (TPSA) is 35.5 Å². The Morgan fingerprint density at radius 2 is 1.94 bits per heavy atom. The molecule has 1 rings (SSSR count). The van der Waals surface area contributed by atoms with E-state index < -0.39 is 0 Å². The van der Waals surface area contributed by atoms with Gasteiger partial charge in [-0.1, -0.05) is 18.7 Å². The van der Waals surface area contributed by atoms with Crippen molar-refractivity contribution < 1.29 is 14.3 Å². The summed E-state index contributed by atoms with van der Waals surface area (Å²) in [5, 5.41) is 0. The molecule has 1 unspecified atom stereocenters. The zero-order chi connectivity index (χ0) is 12.8. The zero-order valence-electron chi connectivity index (χ0n) is 10.5. The minimum absolute atomic E-state index is 0.242. The number of carbonyl (C=O) groups is 1. The third-order valence-electron chi connectivity index (χ3n) is 2.62. The van der Waals surface area contributed by atoms with Gasteiger partial charge in [-0.25, -0.2) is 0 Å². The van der Waals surface area contributed by atoms with Gasteiger partial charge in [0.05, 0.1) is 19.6 Å². The van der Waals surface area contributed by atoms with E-state index in [9.17, 15) is 4.79 Å². The van der Waals surface area contributed by atoms with E-state index in [1.54, 1.807) is 21.0 Å². The van der Waals surface area contributed by atoms with Crippen LogP contribution < -0.4 is 4.74 Å². The van der Waals surface area contributed by atoms with Crippen LogP contribution in [-0.4, -0.2) is 19.7 Å². The van der Waals surface area contributed by atoms with Gasteiger partial charge in [-0.05, 0) is 37.1 Å². The summed E-state index contributed by atoms with van der Waals surface area (Å²) in [5.74, 6) is 0.210. The Balaban J connectivity index is 2.77. The van der Waals surface area contributed by atoms with Crippen molar-refractivity contribution in [2.75, 3.05) is 13.7 Å². The molecule has 0 fully saturated rings. The quantitative estimate of drug-likeness (QED) is 0.735. The monoisotopic (exact) mass is 234 g/mol. The predicted molar refractivity (Wildman–Crippen MR) is 67.8 cm³/mol. The maximum atomic E-state index is 11.6. The highest BCUT2D eigenvalue weighted by atomic mass is 16.5. The van der Waals surface area contributed by atoms with Crippen LogP contribution in [0.25, 0.3) is 5.57 Å². The normalized spacial score (nSPS) is 11.7. The van der Waals surface area contributed by atoms with Crippen molar-refractivity contribution in [3.8, 4) is 5.75 Å². The molecule has 0 saturated heterocycles. The first-order valence-electron chi connectivity index (χ1n) is 5.60. The van der Waals surface area contributed by atoms with Crippen molar-refractivity contribution in [2.45, 2.75) is 13.8 Å². The van der Waals surface area contributed by atoms with E-state index in [0.717, 1.165) is 16.9 Å². The predicted octanol–water partition coefficient (Wildman–Crippen LogP) is 2.91. The van der Waals surface area contributed by atoms with Crippen LogP contribution in [-0.2, 0) is 9.53 Å². The van der Waals surface area contributed by atoms with E-state index in [0.29, 0.717) is 6.61 Å². The number of rotatable bonds is 5. The molecule has 0 aliphatic rings. The first-order valence-corrected chi connectivity index (χ1v) is 5.60. The Bertz CT molecular complexity index is 392. The second-order valence-electron chi connectivity index (χ2n) is 3.73. The van der Waals surface area contributed by atoms with Gasteiger partial charge >= 0.3 is 5.97 Å². The van der Waals surface area contributed by atoms with Crippen molar-refractivity contribution >= 4 is 11.5 Å². The fourth-order valence-electron chi connectivity index (χ4n) is 1.46. The highest BCUT2D eigenvalue weighted by Gasteiger charge is 2.18. The molecule has 0 aromatic heterocycles. The summed E-state index contributed by atoms with van der Waals surface area (Å²) in [4.78, 5) is 11.6. The van der Waals surface area contributed by atoms with Crippen molar-refractivity contribution in [3.63, 3.8) is 0 Å². The van der Waals surface area contributed by atoms with Crippen LogP contribution in [0, 0.1) is 5.92 Å². The van der Waals surface area contributed by atoms with Gasteiger partial charge in [-0.15, -0.1) is 0 Å². The number of carbonyl (C=O) groups excluding carboxylic acids is 1. The Kier molecular flexibility index (Phi) is 4.76. The largest absolute Gasteiger partial charge is 0.497 e. The molecule has 0 amide bonds. The average molecular weight is 234 g/mol. The summed E-state index contributed by atoms with van der Waals surface area (Å²) >= 11 is 0. The fraction of sp³-hybridized carbons (Fsp3) is 0.357. The Hall–Kier alpha value is -1.77. The lowest BCUT2D eigenvalue weighted by Gasteiger charge is -2.14. The molecule has 0 spiro atoms. The van der Waals surface area contributed by atoms with E-state index in [2.05, 4.69) is 6.58 Å². The highest BCUT2D eigenvalue weighted by molar-refractivity contribution is 5.87. The molecular weight excluding hydrogens is 216 g/mol. The van der Waals surface area contributed by atoms with E-state index in [4.69, 9.17) is 9.47 Å². The summed E-state index contributed by atoms with van der Waals surface area (Å²) in [6.45, 7) is 7.92. The zero-order valence-corrected chi connectivity index (χ0v) is 10.5. The van der Waals surface area contributed by atoms with Crippen LogP contribution in [0.15, 0.2) is 30.8 Å².